The molecule has 148 valence electrons. The van der Waals surface area contributed by atoms with Crippen molar-refractivity contribution in [3.8, 4) is 0 Å². The molecular weight excluding hydrogens is 382 g/mol. The Bertz CT molecular complexity index is 819. The summed E-state index contributed by atoms with van der Waals surface area (Å²) >= 11 is 1.73. The third-order valence-corrected chi connectivity index (χ3v) is 6.50. The van der Waals surface area contributed by atoms with E-state index in [0.717, 1.165) is 6.54 Å². The van der Waals surface area contributed by atoms with Gasteiger partial charge in [-0.1, -0.05) is 19.9 Å². The van der Waals surface area contributed by atoms with Crippen LogP contribution in [-0.2, 0) is 15.4 Å². The van der Waals surface area contributed by atoms with Crippen molar-refractivity contribution in [3.63, 3.8) is 0 Å². The minimum Gasteiger partial charge on any atom is -0.357 e. The smallest absolute Gasteiger partial charge is 0.242 e. The van der Waals surface area contributed by atoms with Crippen LogP contribution in [0.15, 0.2) is 51.9 Å². The number of hydrogen-bond donors (Lipinski definition) is 3. The van der Waals surface area contributed by atoms with Gasteiger partial charge in [0.25, 0.3) is 0 Å². The highest BCUT2D eigenvalue weighted by atomic mass is 32.2. The third-order valence-electron chi connectivity index (χ3n) is 3.82. The molecule has 0 unspecified atom stereocenters. The summed E-state index contributed by atoms with van der Waals surface area (Å²) in [4.78, 5) is 9.92. The van der Waals surface area contributed by atoms with Crippen LogP contribution >= 0.6 is 11.3 Å². The molecule has 0 fully saturated rings. The van der Waals surface area contributed by atoms with Crippen molar-refractivity contribution in [2.75, 3.05) is 26.2 Å². The van der Waals surface area contributed by atoms with Gasteiger partial charge in [-0.3, -0.25) is 9.98 Å². The zero-order valence-corrected chi connectivity index (χ0v) is 17.5. The number of aliphatic imine (C=N–C) groups is 1. The van der Waals surface area contributed by atoms with E-state index >= 15 is 0 Å². The lowest BCUT2D eigenvalue weighted by atomic mass is 9.92. The van der Waals surface area contributed by atoms with Crippen LogP contribution in [0.1, 0.15) is 25.6 Å². The molecule has 0 aliphatic heterocycles. The van der Waals surface area contributed by atoms with Gasteiger partial charge in [0, 0.05) is 42.3 Å². The summed E-state index contributed by atoms with van der Waals surface area (Å²) in [6.07, 6.45) is 2.87. The lowest BCUT2D eigenvalue weighted by Crippen LogP contribution is -2.42. The molecule has 27 heavy (non-hydrogen) atoms. The van der Waals surface area contributed by atoms with Gasteiger partial charge in [0.15, 0.2) is 5.96 Å². The molecule has 0 radical (unpaired) electrons. The monoisotopic (exact) mass is 409 g/mol. The summed E-state index contributed by atoms with van der Waals surface area (Å²) < 4.78 is 26.9. The van der Waals surface area contributed by atoms with E-state index in [1.54, 1.807) is 17.4 Å². The largest absolute Gasteiger partial charge is 0.357 e. The predicted octanol–water partition coefficient (Wildman–Crippen LogP) is 1.95. The number of guanidine groups is 1. The highest BCUT2D eigenvalue weighted by molar-refractivity contribution is 7.89. The van der Waals surface area contributed by atoms with Crippen molar-refractivity contribution < 1.29 is 8.42 Å². The van der Waals surface area contributed by atoms with Crippen LogP contribution in [0.25, 0.3) is 0 Å². The average Bonchev–Trinajstić information content (AvgIpc) is 3.20. The molecule has 0 saturated carbocycles. The van der Waals surface area contributed by atoms with Crippen LogP contribution in [0.4, 0.5) is 0 Å². The molecular formula is C18H27N5O2S2. The molecule has 2 aromatic heterocycles. The fourth-order valence-electron chi connectivity index (χ4n) is 2.32. The van der Waals surface area contributed by atoms with Gasteiger partial charge in [-0.05, 0) is 30.5 Å². The van der Waals surface area contributed by atoms with E-state index in [2.05, 4.69) is 50.6 Å². The minimum absolute atomic E-state index is 0.0571. The maximum absolute atomic E-state index is 12.2. The van der Waals surface area contributed by atoms with Crippen LogP contribution < -0.4 is 15.4 Å². The molecule has 0 atom stereocenters. The summed E-state index contributed by atoms with van der Waals surface area (Å²) in [7, 11) is -3.55. The summed E-state index contributed by atoms with van der Waals surface area (Å²) in [5.74, 6) is 0.669. The predicted molar refractivity (Wildman–Crippen MR) is 111 cm³/mol. The van der Waals surface area contributed by atoms with Crippen LogP contribution in [-0.4, -0.2) is 45.5 Å². The molecule has 0 saturated heterocycles. The lowest BCUT2D eigenvalue weighted by Gasteiger charge is -2.21. The second-order valence-corrected chi connectivity index (χ2v) is 9.28. The standard InChI is InChI=1S/C18H27N5O2S2/c1-4-20-17(22-14-18(2,3)16-8-6-12-26-16)21-10-11-23-27(24,25)15-7-5-9-19-13-15/h5-9,12-13,23H,4,10-11,14H2,1-3H3,(H2,20,21,22). The first-order valence-corrected chi connectivity index (χ1v) is 11.2. The molecule has 0 bridgehead atoms. The van der Waals surface area contributed by atoms with Crippen LogP contribution in [0, 0.1) is 0 Å². The first kappa shape index (κ1) is 21.3. The first-order valence-electron chi connectivity index (χ1n) is 8.81. The molecule has 2 aromatic rings. The highest BCUT2D eigenvalue weighted by Crippen LogP contribution is 2.27. The summed E-state index contributed by atoms with van der Waals surface area (Å²) in [5.41, 5.74) is -0.0571. The van der Waals surface area contributed by atoms with Crippen molar-refractivity contribution in [2.45, 2.75) is 31.1 Å². The van der Waals surface area contributed by atoms with Gasteiger partial charge in [-0.2, -0.15) is 0 Å². The fourth-order valence-corrected chi connectivity index (χ4v) is 4.15. The van der Waals surface area contributed by atoms with E-state index < -0.39 is 10.0 Å². The van der Waals surface area contributed by atoms with Crippen molar-refractivity contribution in [1.29, 1.82) is 0 Å². The van der Waals surface area contributed by atoms with E-state index in [1.807, 2.05) is 13.0 Å². The molecule has 7 nitrogen and oxygen atoms in total. The van der Waals surface area contributed by atoms with Gasteiger partial charge in [0.05, 0.1) is 6.54 Å². The summed E-state index contributed by atoms with van der Waals surface area (Å²) in [6, 6.07) is 7.27. The Hall–Kier alpha value is -1.97. The molecule has 0 aliphatic carbocycles. The summed E-state index contributed by atoms with van der Waals surface area (Å²) in [6.45, 7) is 8.34. The summed E-state index contributed by atoms with van der Waals surface area (Å²) in [5, 5.41) is 8.42. The van der Waals surface area contributed by atoms with Crippen LogP contribution in [0.3, 0.4) is 0 Å². The molecule has 9 heteroatoms. The second-order valence-electron chi connectivity index (χ2n) is 6.57. The Morgan fingerprint density at radius 1 is 1.22 bits per heavy atom. The normalized spacial score (nSPS) is 12.8. The number of sulfonamides is 1. The van der Waals surface area contributed by atoms with Crippen LogP contribution in [0.2, 0.25) is 0 Å². The molecule has 2 heterocycles. The molecule has 0 aliphatic rings. The number of pyridine rings is 1. The van der Waals surface area contributed by atoms with Gasteiger partial charge >= 0.3 is 0 Å². The Morgan fingerprint density at radius 2 is 2.04 bits per heavy atom. The van der Waals surface area contributed by atoms with Crippen molar-refractivity contribution in [2.24, 2.45) is 4.99 Å². The van der Waals surface area contributed by atoms with E-state index in [-0.39, 0.29) is 16.9 Å². The number of hydrogen-bond acceptors (Lipinski definition) is 5. The Morgan fingerprint density at radius 3 is 2.67 bits per heavy atom. The molecule has 0 amide bonds. The zero-order valence-electron chi connectivity index (χ0n) is 15.9. The maximum Gasteiger partial charge on any atom is 0.242 e. The Kier molecular flexibility index (Phi) is 7.76. The number of thiophene rings is 1. The second kappa shape index (κ2) is 9.82. The lowest BCUT2D eigenvalue weighted by molar-refractivity contribution is 0.548. The Balaban J connectivity index is 1.87. The third kappa shape index (κ3) is 6.60. The van der Waals surface area contributed by atoms with Crippen molar-refractivity contribution in [3.05, 3.63) is 46.9 Å². The van der Waals surface area contributed by atoms with Gasteiger partial charge in [0.1, 0.15) is 4.90 Å². The van der Waals surface area contributed by atoms with Gasteiger partial charge in [0.2, 0.25) is 10.0 Å². The van der Waals surface area contributed by atoms with Crippen LogP contribution in [0.5, 0.6) is 0 Å². The Labute approximate surface area is 165 Å². The fraction of sp³-hybridized carbons (Fsp3) is 0.444. The van der Waals surface area contributed by atoms with Crippen molar-refractivity contribution in [1.82, 2.24) is 20.3 Å². The topological polar surface area (TPSA) is 95.5 Å². The van der Waals surface area contributed by atoms with Gasteiger partial charge in [-0.15, -0.1) is 11.3 Å². The van der Waals surface area contributed by atoms with E-state index in [0.29, 0.717) is 19.0 Å². The molecule has 0 spiro atoms. The molecule has 3 N–H and O–H groups in total. The van der Waals surface area contributed by atoms with Crippen molar-refractivity contribution >= 4 is 27.3 Å². The van der Waals surface area contributed by atoms with E-state index in [1.165, 1.54) is 23.3 Å². The average molecular weight is 410 g/mol. The zero-order chi connectivity index (χ0) is 19.8. The van der Waals surface area contributed by atoms with E-state index in [4.69, 9.17) is 0 Å². The maximum atomic E-state index is 12.2. The molecule has 2 rings (SSSR count). The quantitative estimate of drug-likeness (QED) is 0.334. The van der Waals surface area contributed by atoms with E-state index in [9.17, 15) is 8.42 Å². The highest BCUT2D eigenvalue weighted by Gasteiger charge is 2.21. The first-order chi connectivity index (χ1) is 12.8. The SMILES string of the molecule is CCNC(=NCC(C)(C)c1cccs1)NCCNS(=O)(=O)c1cccnc1. The number of nitrogens with one attached hydrogen (secondary N) is 3. The number of nitrogens with zero attached hydrogens (tertiary/aromatic N) is 2. The van der Waals surface area contributed by atoms with Gasteiger partial charge < -0.3 is 10.6 Å². The van der Waals surface area contributed by atoms with Gasteiger partial charge in [-0.25, -0.2) is 13.1 Å². The number of aromatic nitrogens is 1. The minimum atomic E-state index is -3.55. The number of rotatable bonds is 9. The molecule has 0 aromatic carbocycles.